The van der Waals surface area contributed by atoms with Crippen molar-refractivity contribution in [1.82, 2.24) is 5.32 Å². The Hall–Kier alpha value is -2.49. The molecule has 0 unspecified atom stereocenters. The SMILES string of the molecule is CCCCNC(=O)c1ccc(OCC)c(COc2ccccc2C(C)(C)C)c1. The Morgan fingerprint density at radius 2 is 1.75 bits per heavy atom. The minimum absolute atomic E-state index is 0.0135. The second kappa shape index (κ2) is 10.2. The van der Waals surface area contributed by atoms with Crippen LogP contribution in [0.15, 0.2) is 42.5 Å². The number of carbonyl (C=O) groups is 1. The zero-order chi connectivity index (χ0) is 20.6. The first kappa shape index (κ1) is 21.8. The minimum atomic E-state index is -0.0622. The van der Waals surface area contributed by atoms with Gasteiger partial charge >= 0.3 is 0 Å². The number of ether oxygens (including phenoxy) is 2. The average molecular weight is 384 g/mol. The van der Waals surface area contributed by atoms with E-state index in [0.29, 0.717) is 25.3 Å². The lowest BCUT2D eigenvalue weighted by atomic mass is 9.86. The summed E-state index contributed by atoms with van der Waals surface area (Å²) >= 11 is 0. The van der Waals surface area contributed by atoms with Crippen LogP contribution in [0.2, 0.25) is 0 Å². The van der Waals surface area contributed by atoms with Crippen molar-refractivity contribution in [3.8, 4) is 11.5 Å². The number of hydrogen-bond donors (Lipinski definition) is 1. The molecular formula is C24H33NO3. The number of carbonyl (C=O) groups excluding carboxylic acids is 1. The normalized spacial score (nSPS) is 11.2. The van der Waals surface area contributed by atoms with E-state index in [1.54, 1.807) is 6.07 Å². The van der Waals surface area contributed by atoms with Gasteiger partial charge in [-0.25, -0.2) is 0 Å². The van der Waals surface area contributed by atoms with Crippen LogP contribution in [0.5, 0.6) is 11.5 Å². The van der Waals surface area contributed by atoms with Crippen LogP contribution in [0.3, 0.4) is 0 Å². The molecule has 0 aromatic heterocycles. The largest absolute Gasteiger partial charge is 0.493 e. The van der Waals surface area contributed by atoms with Crippen molar-refractivity contribution in [3.05, 3.63) is 59.2 Å². The predicted molar refractivity (Wildman–Crippen MR) is 114 cm³/mol. The number of unbranched alkanes of at least 4 members (excludes halogenated alkanes) is 1. The summed E-state index contributed by atoms with van der Waals surface area (Å²) in [4.78, 5) is 12.4. The molecule has 0 bridgehead atoms. The molecule has 0 heterocycles. The standard InChI is InChI=1S/C24H33NO3/c1-6-8-15-25-23(26)18-13-14-21(27-7-2)19(16-18)17-28-22-12-10-9-11-20(22)24(3,4)5/h9-14,16H,6-8,15,17H2,1-5H3,(H,25,26). The lowest BCUT2D eigenvalue weighted by molar-refractivity contribution is 0.0953. The number of nitrogens with one attached hydrogen (secondary N) is 1. The second-order valence-electron chi connectivity index (χ2n) is 7.90. The first-order valence-corrected chi connectivity index (χ1v) is 10.1. The van der Waals surface area contributed by atoms with Gasteiger partial charge in [0, 0.05) is 17.7 Å². The fourth-order valence-electron chi connectivity index (χ4n) is 2.98. The molecule has 4 nitrogen and oxygen atoms in total. The first-order valence-electron chi connectivity index (χ1n) is 10.1. The van der Waals surface area contributed by atoms with Crippen molar-refractivity contribution in [1.29, 1.82) is 0 Å². The summed E-state index contributed by atoms with van der Waals surface area (Å²) in [7, 11) is 0. The van der Waals surface area contributed by atoms with Crippen molar-refractivity contribution in [2.75, 3.05) is 13.2 Å². The first-order chi connectivity index (χ1) is 13.4. The van der Waals surface area contributed by atoms with Crippen LogP contribution in [-0.4, -0.2) is 19.1 Å². The molecule has 4 heteroatoms. The molecule has 0 atom stereocenters. The Morgan fingerprint density at radius 3 is 2.43 bits per heavy atom. The molecule has 0 fully saturated rings. The lowest BCUT2D eigenvalue weighted by Gasteiger charge is -2.23. The highest BCUT2D eigenvalue weighted by molar-refractivity contribution is 5.94. The summed E-state index contributed by atoms with van der Waals surface area (Å²) in [6.45, 7) is 12.2. The summed E-state index contributed by atoms with van der Waals surface area (Å²) in [5.41, 5.74) is 2.64. The van der Waals surface area contributed by atoms with E-state index in [1.807, 2.05) is 37.3 Å². The van der Waals surface area contributed by atoms with E-state index >= 15 is 0 Å². The van der Waals surface area contributed by atoms with Crippen LogP contribution in [-0.2, 0) is 12.0 Å². The molecule has 0 aliphatic rings. The molecule has 2 aromatic rings. The van der Waals surface area contributed by atoms with Crippen LogP contribution < -0.4 is 14.8 Å². The van der Waals surface area contributed by atoms with Gasteiger partial charge < -0.3 is 14.8 Å². The summed E-state index contributed by atoms with van der Waals surface area (Å²) in [5.74, 6) is 1.55. The van der Waals surface area contributed by atoms with Gasteiger partial charge in [-0.05, 0) is 48.6 Å². The average Bonchev–Trinajstić information content (AvgIpc) is 2.67. The molecule has 2 rings (SSSR count). The van der Waals surface area contributed by atoms with Gasteiger partial charge in [-0.15, -0.1) is 0 Å². The van der Waals surface area contributed by atoms with E-state index in [1.165, 1.54) is 0 Å². The molecule has 2 aromatic carbocycles. The molecule has 1 amide bonds. The Morgan fingerprint density at radius 1 is 1.00 bits per heavy atom. The maximum Gasteiger partial charge on any atom is 0.251 e. The smallest absolute Gasteiger partial charge is 0.251 e. The van der Waals surface area contributed by atoms with E-state index in [4.69, 9.17) is 9.47 Å². The van der Waals surface area contributed by atoms with Crippen LogP contribution in [0, 0.1) is 0 Å². The number of amides is 1. The monoisotopic (exact) mass is 383 g/mol. The third kappa shape index (κ3) is 6.01. The van der Waals surface area contributed by atoms with Crippen LogP contribution >= 0.6 is 0 Å². The highest BCUT2D eigenvalue weighted by Gasteiger charge is 2.19. The quantitative estimate of drug-likeness (QED) is 0.582. The van der Waals surface area contributed by atoms with E-state index in [-0.39, 0.29) is 11.3 Å². The molecule has 0 radical (unpaired) electrons. The Labute approximate surface area is 169 Å². The third-order valence-corrected chi connectivity index (χ3v) is 4.52. The van der Waals surface area contributed by atoms with Crippen molar-refractivity contribution in [3.63, 3.8) is 0 Å². The molecule has 0 spiro atoms. The fourth-order valence-corrected chi connectivity index (χ4v) is 2.98. The Bertz CT molecular complexity index is 778. The highest BCUT2D eigenvalue weighted by atomic mass is 16.5. The molecule has 0 aliphatic carbocycles. The fraction of sp³-hybridized carbons (Fsp3) is 0.458. The summed E-state index contributed by atoms with van der Waals surface area (Å²) in [5, 5.41) is 2.96. The summed E-state index contributed by atoms with van der Waals surface area (Å²) in [6, 6.07) is 13.6. The van der Waals surface area contributed by atoms with Gasteiger partial charge in [0.05, 0.1) is 6.61 Å². The molecule has 0 saturated heterocycles. The molecule has 152 valence electrons. The van der Waals surface area contributed by atoms with Gasteiger partial charge in [-0.1, -0.05) is 52.3 Å². The number of benzene rings is 2. The lowest BCUT2D eigenvalue weighted by Crippen LogP contribution is -2.24. The third-order valence-electron chi connectivity index (χ3n) is 4.52. The van der Waals surface area contributed by atoms with Gasteiger partial charge in [-0.2, -0.15) is 0 Å². The summed E-state index contributed by atoms with van der Waals surface area (Å²) < 4.78 is 11.9. The van der Waals surface area contributed by atoms with Crippen molar-refractivity contribution in [2.24, 2.45) is 0 Å². The van der Waals surface area contributed by atoms with E-state index in [2.05, 4.69) is 39.1 Å². The van der Waals surface area contributed by atoms with Crippen molar-refractivity contribution < 1.29 is 14.3 Å². The van der Waals surface area contributed by atoms with E-state index in [0.717, 1.165) is 35.5 Å². The zero-order valence-corrected chi connectivity index (χ0v) is 17.8. The minimum Gasteiger partial charge on any atom is -0.493 e. The van der Waals surface area contributed by atoms with Crippen molar-refractivity contribution >= 4 is 5.91 Å². The maximum atomic E-state index is 12.4. The topological polar surface area (TPSA) is 47.6 Å². The van der Waals surface area contributed by atoms with Crippen LogP contribution in [0.25, 0.3) is 0 Å². The van der Waals surface area contributed by atoms with Gasteiger partial charge in [0.2, 0.25) is 0 Å². The molecule has 0 saturated carbocycles. The number of para-hydroxylation sites is 1. The molecule has 1 N–H and O–H groups in total. The van der Waals surface area contributed by atoms with Crippen LogP contribution in [0.1, 0.15) is 68.9 Å². The van der Waals surface area contributed by atoms with Gasteiger partial charge in [0.15, 0.2) is 0 Å². The highest BCUT2D eigenvalue weighted by Crippen LogP contribution is 2.32. The number of rotatable bonds is 9. The van der Waals surface area contributed by atoms with E-state index in [9.17, 15) is 4.79 Å². The number of hydrogen-bond acceptors (Lipinski definition) is 3. The summed E-state index contributed by atoms with van der Waals surface area (Å²) in [6.07, 6.45) is 2.03. The van der Waals surface area contributed by atoms with Gasteiger partial charge in [0.25, 0.3) is 5.91 Å². The predicted octanol–water partition coefficient (Wildman–Crippen LogP) is 5.49. The Balaban J connectivity index is 2.21. The van der Waals surface area contributed by atoms with Gasteiger partial charge in [-0.3, -0.25) is 4.79 Å². The molecule has 0 aliphatic heterocycles. The molecule has 28 heavy (non-hydrogen) atoms. The maximum absolute atomic E-state index is 12.4. The van der Waals surface area contributed by atoms with E-state index < -0.39 is 0 Å². The van der Waals surface area contributed by atoms with Gasteiger partial charge in [0.1, 0.15) is 18.1 Å². The zero-order valence-electron chi connectivity index (χ0n) is 17.8. The van der Waals surface area contributed by atoms with Crippen LogP contribution in [0.4, 0.5) is 0 Å². The Kier molecular flexibility index (Phi) is 7.91. The molecular weight excluding hydrogens is 350 g/mol. The second-order valence-corrected chi connectivity index (χ2v) is 7.90. The van der Waals surface area contributed by atoms with Crippen molar-refractivity contribution in [2.45, 2.75) is 59.5 Å².